The summed E-state index contributed by atoms with van der Waals surface area (Å²) in [4.78, 5) is 11.6. The van der Waals surface area contributed by atoms with Crippen LogP contribution in [0.25, 0.3) is 0 Å². The first-order valence-electron chi connectivity index (χ1n) is 6.30. The van der Waals surface area contributed by atoms with Gasteiger partial charge < -0.3 is 10.6 Å². The second-order valence-electron chi connectivity index (χ2n) is 5.55. The molecule has 1 heterocycles. The summed E-state index contributed by atoms with van der Waals surface area (Å²) in [6.07, 6.45) is 7.23. The Morgan fingerprint density at radius 1 is 1.40 bits per heavy atom. The molecular weight excluding hydrogens is 188 g/mol. The molecule has 3 fully saturated rings. The fourth-order valence-electron chi connectivity index (χ4n) is 2.85. The van der Waals surface area contributed by atoms with Gasteiger partial charge in [0.15, 0.2) is 0 Å². The van der Waals surface area contributed by atoms with E-state index >= 15 is 0 Å². The van der Waals surface area contributed by atoms with E-state index in [0.29, 0.717) is 11.5 Å². The van der Waals surface area contributed by atoms with Crippen molar-refractivity contribution in [3.05, 3.63) is 0 Å². The van der Waals surface area contributed by atoms with Crippen LogP contribution in [0.4, 0.5) is 0 Å². The Morgan fingerprint density at radius 3 is 3.00 bits per heavy atom. The van der Waals surface area contributed by atoms with E-state index in [1.54, 1.807) is 0 Å². The number of piperidine rings is 1. The first kappa shape index (κ1) is 9.64. The molecule has 3 aliphatic rings. The molecule has 2 N–H and O–H groups in total. The molecule has 1 saturated heterocycles. The number of fused-ring (bicyclic) bond motifs is 1. The number of carbonyl (C=O) groups is 1. The normalized spacial score (nSPS) is 38.3. The highest BCUT2D eigenvalue weighted by molar-refractivity contribution is 5.76. The molecule has 2 saturated carbocycles. The van der Waals surface area contributed by atoms with Crippen LogP contribution in [0.3, 0.4) is 0 Å². The molecule has 0 aromatic carbocycles. The Balaban J connectivity index is 1.43. The first-order chi connectivity index (χ1) is 7.28. The Labute approximate surface area is 91.0 Å². The number of hydrogen-bond acceptors (Lipinski definition) is 2. The third kappa shape index (κ3) is 2.03. The van der Waals surface area contributed by atoms with Crippen molar-refractivity contribution in [3.63, 3.8) is 0 Å². The van der Waals surface area contributed by atoms with Crippen LogP contribution in [0.15, 0.2) is 0 Å². The summed E-state index contributed by atoms with van der Waals surface area (Å²) in [5.74, 6) is 1.81. The highest BCUT2D eigenvalue weighted by Crippen LogP contribution is 2.48. The molecule has 0 spiro atoms. The Bertz CT molecular complexity index is 275. The van der Waals surface area contributed by atoms with E-state index in [2.05, 4.69) is 10.6 Å². The highest BCUT2D eigenvalue weighted by Gasteiger charge is 2.54. The summed E-state index contributed by atoms with van der Waals surface area (Å²) in [5, 5.41) is 6.68. The lowest BCUT2D eigenvalue weighted by Gasteiger charge is -2.24. The van der Waals surface area contributed by atoms with Gasteiger partial charge in [-0.3, -0.25) is 4.79 Å². The SMILES string of the molecule is O=C(CC1CC1)NCC12CC1CCCN2. The molecule has 1 amide bonds. The zero-order valence-corrected chi connectivity index (χ0v) is 9.22. The quantitative estimate of drug-likeness (QED) is 0.725. The molecular formula is C12H20N2O. The zero-order chi connectivity index (χ0) is 10.3. The van der Waals surface area contributed by atoms with Crippen molar-refractivity contribution in [1.29, 1.82) is 0 Å². The smallest absolute Gasteiger partial charge is 0.220 e. The summed E-state index contributed by atoms with van der Waals surface area (Å²) in [5.41, 5.74) is 0.303. The largest absolute Gasteiger partial charge is 0.354 e. The molecule has 3 heteroatoms. The molecule has 0 bridgehead atoms. The van der Waals surface area contributed by atoms with Crippen molar-refractivity contribution < 1.29 is 4.79 Å². The van der Waals surface area contributed by atoms with Crippen LogP contribution < -0.4 is 10.6 Å². The molecule has 0 radical (unpaired) electrons. The molecule has 2 aliphatic carbocycles. The van der Waals surface area contributed by atoms with Gasteiger partial charge in [-0.25, -0.2) is 0 Å². The molecule has 2 unspecified atom stereocenters. The zero-order valence-electron chi connectivity index (χ0n) is 9.22. The lowest BCUT2D eigenvalue weighted by Crippen LogP contribution is -2.46. The molecule has 3 rings (SSSR count). The van der Waals surface area contributed by atoms with Gasteiger partial charge in [-0.2, -0.15) is 0 Å². The van der Waals surface area contributed by atoms with Gasteiger partial charge in [0, 0.05) is 18.5 Å². The van der Waals surface area contributed by atoms with Gasteiger partial charge in [0.1, 0.15) is 0 Å². The minimum absolute atomic E-state index is 0.268. The van der Waals surface area contributed by atoms with Gasteiger partial charge in [-0.15, -0.1) is 0 Å². The third-order valence-corrected chi connectivity index (χ3v) is 4.21. The summed E-state index contributed by atoms with van der Waals surface area (Å²) < 4.78 is 0. The third-order valence-electron chi connectivity index (χ3n) is 4.21. The second-order valence-corrected chi connectivity index (χ2v) is 5.55. The highest BCUT2D eigenvalue weighted by atomic mass is 16.1. The lowest BCUT2D eigenvalue weighted by molar-refractivity contribution is -0.121. The van der Waals surface area contributed by atoms with Crippen LogP contribution in [0.2, 0.25) is 0 Å². The standard InChI is InChI=1S/C12H20N2O/c15-11(6-9-3-4-9)13-8-12-7-10(12)2-1-5-14-12/h9-10,14H,1-8H2,(H,13,15). The van der Waals surface area contributed by atoms with Crippen LogP contribution in [0, 0.1) is 11.8 Å². The fourth-order valence-corrected chi connectivity index (χ4v) is 2.85. The van der Waals surface area contributed by atoms with E-state index in [0.717, 1.165) is 25.4 Å². The van der Waals surface area contributed by atoms with Crippen molar-refractivity contribution in [1.82, 2.24) is 10.6 Å². The van der Waals surface area contributed by atoms with Crippen LogP contribution in [-0.4, -0.2) is 24.5 Å². The number of rotatable bonds is 4. The monoisotopic (exact) mass is 208 g/mol. The molecule has 2 atom stereocenters. The first-order valence-corrected chi connectivity index (χ1v) is 6.30. The lowest BCUT2D eigenvalue weighted by atomic mass is 10.1. The van der Waals surface area contributed by atoms with Gasteiger partial charge >= 0.3 is 0 Å². The van der Waals surface area contributed by atoms with E-state index in [9.17, 15) is 4.79 Å². The van der Waals surface area contributed by atoms with Gasteiger partial charge in [-0.05, 0) is 50.5 Å². The predicted octanol–water partition coefficient (Wildman–Crippen LogP) is 1.04. The van der Waals surface area contributed by atoms with Gasteiger partial charge in [0.05, 0.1) is 0 Å². The summed E-state index contributed by atoms with van der Waals surface area (Å²) in [7, 11) is 0. The summed E-state index contributed by atoms with van der Waals surface area (Å²) >= 11 is 0. The minimum Gasteiger partial charge on any atom is -0.354 e. The van der Waals surface area contributed by atoms with Crippen LogP contribution in [0.5, 0.6) is 0 Å². The van der Waals surface area contributed by atoms with Crippen molar-refractivity contribution in [3.8, 4) is 0 Å². The summed E-state index contributed by atoms with van der Waals surface area (Å²) in [6, 6.07) is 0. The molecule has 0 aromatic rings. The maximum Gasteiger partial charge on any atom is 0.220 e. The van der Waals surface area contributed by atoms with Crippen molar-refractivity contribution in [2.45, 2.75) is 44.1 Å². The van der Waals surface area contributed by atoms with E-state index in [1.165, 1.54) is 32.1 Å². The maximum absolute atomic E-state index is 11.6. The molecule has 0 aromatic heterocycles. The molecule has 15 heavy (non-hydrogen) atoms. The Hall–Kier alpha value is -0.570. The van der Waals surface area contributed by atoms with Crippen molar-refractivity contribution >= 4 is 5.91 Å². The Kier molecular flexibility index (Phi) is 2.23. The van der Waals surface area contributed by atoms with Crippen LogP contribution in [-0.2, 0) is 4.79 Å². The van der Waals surface area contributed by atoms with Crippen LogP contribution in [0.1, 0.15) is 38.5 Å². The second kappa shape index (κ2) is 3.48. The maximum atomic E-state index is 11.6. The van der Waals surface area contributed by atoms with E-state index in [4.69, 9.17) is 0 Å². The number of amides is 1. The van der Waals surface area contributed by atoms with Gasteiger partial charge in [-0.1, -0.05) is 0 Å². The van der Waals surface area contributed by atoms with Gasteiger partial charge in [0.25, 0.3) is 0 Å². The molecule has 84 valence electrons. The number of hydrogen-bond donors (Lipinski definition) is 2. The van der Waals surface area contributed by atoms with E-state index < -0.39 is 0 Å². The van der Waals surface area contributed by atoms with Crippen LogP contribution >= 0.6 is 0 Å². The van der Waals surface area contributed by atoms with Crippen molar-refractivity contribution in [2.75, 3.05) is 13.1 Å². The minimum atomic E-state index is 0.268. The number of carbonyl (C=O) groups excluding carboxylic acids is 1. The average Bonchev–Trinajstić information content (AvgIpc) is 3.09. The molecule has 1 aliphatic heterocycles. The Morgan fingerprint density at radius 2 is 2.27 bits per heavy atom. The van der Waals surface area contributed by atoms with E-state index in [1.807, 2.05) is 0 Å². The predicted molar refractivity (Wildman–Crippen MR) is 58.4 cm³/mol. The van der Waals surface area contributed by atoms with E-state index in [-0.39, 0.29) is 5.91 Å². The molecule has 3 nitrogen and oxygen atoms in total. The topological polar surface area (TPSA) is 41.1 Å². The average molecular weight is 208 g/mol. The number of nitrogens with one attached hydrogen (secondary N) is 2. The summed E-state index contributed by atoms with van der Waals surface area (Å²) in [6.45, 7) is 2.00. The van der Waals surface area contributed by atoms with Gasteiger partial charge in [0.2, 0.25) is 5.91 Å². The van der Waals surface area contributed by atoms with Crippen molar-refractivity contribution in [2.24, 2.45) is 11.8 Å². The fraction of sp³-hybridized carbons (Fsp3) is 0.917.